The van der Waals surface area contributed by atoms with Gasteiger partial charge in [0.2, 0.25) is 0 Å². The molecule has 0 spiro atoms. The number of hydrogen-bond acceptors (Lipinski definition) is 3. The van der Waals surface area contributed by atoms with Crippen LogP contribution in [0.4, 0.5) is 5.69 Å². The summed E-state index contributed by atoms with van der Waals surface area (Å²) in [4.78, 5) is 10.9. The molecule has 96 valence electrons. The maximum Gasteiger partial charge on any atom is 0.185 e. The second kappa shape index (κ2) is 4.86. The second-order valence-electron chi connectivity index (χ2n) is 4.65. The molecule has 2 aromatic carbocycles. The van der Waals surface area contributed by atoms with Crippen LogP contribution < -0.4 is 5.32 Å². The minimum Gasteiger partial charge on any atom is -0.354 e. The van der Waals surface area contributed by atoms with Crippen molar-refractivity contribution in [3.63, 3.8) is 0 Å². The molecular formula is C16H15NO2. The van der Waals surface area contributed by atoms with Gasteiger partial charge >= 0.3 is 0 Å². The Morgan fingerprint density at radius 1 is 1.11 bits per heavy atom. The first-order chi connectivity index (χ1) is 9.28. The van der Waals surface area contributed by atoms with E-state index in [1.165, 1.54) is 0 Å². The van der Waals surface area contributed by atoms with Crippen molar-refractivity contribution in [2.24, 2.45) is 0 Å². The van der Waals surface area contributed by atoms with Crippen molar-refractivity contribution in [1.29, 1.82) is 0 Å². The predicted molar refractivity (Wildman–Crippen MR) is 74.9 cm³/mol. The van der Waals surface area contributed by atoms with Gasteiger partial charge in [0.25, 0.3) is 0 Å². The first kappa shape index (κ1) is 11.9. The van der Waals surface area contributed by atoms with E-state index in [0.29, 0.717) is 0 Å². The highest BCUT2D eigenvalue weighted by molar-refractivity contribution is 5.73. The van der Waals surface area contributed by atoms with Crippen molar-refractivity contribution in [3.8, 4) is 11.1 Å². The summed E-state index contributed by atoms with van der Waals surface area (Å²) in [5.74, 6) is 0. The molecular weight excluding hydrogens is 238 g/mol. The number of rotatable bonds is 2. The Bertz CT molecular complexity index is 595. The van der Waals surface area contributed by atoms with Gasteiger partial charge in [-0.1, -0.05) is 42.5 Å². The Morgan fingerprint density at radius 3 is 2.63 bits per heavy atom. The van der Waals surface area contributed by atoms with E-state index in [9.17, 15) is 4.79 Å². The third-order valence-electron chi connectivity index (χ3n) is 3.37. The molecule has 0 bridgehead atoms. The van der Waals surface area contributed by atoms with Crippen LogP contribution in [0, 0.1) is 0 Å². The van der Waals surface area contributed by atoms with Crippen LogP contribution in [0.3, 0.4) is 0 Å². The monoisotopic (exact) mass is 253 g/mol. The second-order valence-corrected chi connectivity index (χ2v) is 4.65. The fourth-order valence-corrected chi connectivity index (χ4v) is 2.39. The van der Waals surface area contributed by atoms with Crippen LogP contribution in [0.1, 0.15) is 18.6 Å². The van der Waals surface area contributed by atoms with Gasteiger partial charge in [-0.15, -0.1) is 0 Å². The smallest absolute Gasteiger partial charge is 0.185 e. The van der Waals surface area contributed by atoms with Crippen molar-refractivity contribution in [2.45, 2.75) is 19.3 Å². The molecule has 0 saturated heterocycles. The molecule has 2 aromatic rings. The van der Waals surface area contributed by atoms with Gasteiger partial charge in [-0.25, -0.2) is 0 Å². The molecule has 1 N–H and O–H groups in total. The zero-order chi connectivity index (χ0) is 13.2. The van der Waals surface area contributed by atoms with E-state index in [0.717, 1.165) is 28.7 Å². The topological polar surface area (TPSA) is 38.3 Å². The lowest BCUT2D eigenvalue weighted by molar-refractivity contribution is -0.120. The average molecular weight is 253 g/mol. The Labute approximate surface area is 112 Å². The van der Waals surface area contributed by atoms with E-state index >= 15 is 0 Å². The standard InChI is InChI=1S/C16H15NO2/c1-11-14-8-7-13(12-5-3-2-4-6-12)9-15(14)17-16(10-18)19-11/h2-11,16-17H,1H3. The maximum absolute atomic E-state index is 10.9. The Kier molecular flexibility index (Phi) is 3.05. The molecule has 3 rings (SSSR count). The summed E-state index contributed by atoms with van der Waals surface area (Å²) in [6, 6.07) is 16.4. The highest BCUT2D eigenvalue weighted by Gasteiger charge is 2.23. The van der Waals surface area contributed by atoms with E-state index in [-0.39, 0.29) is 6.10 Å². The molecule has 0 fully saturated rings. The number of fused-ring (bicyclic) bond motifs is 1. The van der Waals surface area contributed by atoms with Crippen LogP contribution in [0.5, 0.6) is 0 Å². The largest absolute Gasteiger partial charge is 0.354 e. The van der Waals surface area contributed by atoms with Gasteiger partial charge in [-0.3, -0.25) is 4.79 Å². The lowest BCUT2D eigenvalue weighted by Gasteiger charge is -2.29. The van der Waals surface area contributed by atoms with Crippen molar-refractivity contribution in [2.75, 3.05) is 5.32 Å². The molecule has 3 heteroatoms. The zero-order valence-corrected chi connectivity index (χ0v) is 10.7. The van der Waals surface area contributed by atoms with E-state index < -0.39 is 6.23 Å². The molecule has 0 aromatic heterocycles. The first-order valence-electron chi connectivity index (χ1n) is 6.34. The van der Waals surface area contributed by atoms with Crippen LogP contribution in [-0.4, -0.2) is 12.5 Å². The van der Waals surface area contributed by atoms with Gasteiger partial charge in [0.15, 0.2) is 12.5 Å². The lowest BCUT2D eigenvalue weighted by Crippen LogP contribution is -2.31. The van der Waals surface area contributed by atoms with Crippen LogP contribution >= 0.6 is 0 Å². The average Bonchev–Trinajstić information content (AvgIpc) is 2.47. The van der Waals surface area contributed by atoms with E-state index in [2.05, 4.69) is 35.6 Å². The molecule has 0 amide bonds. The zero-order valence-electron chi connectivity index (χ0n) is 10.7. The minimum atomic E-state index is -0.562. The molecule has 19 heavy (non-hydrogen) atoms. The first-order valence-corrected chi connectivity index (χ1v) is 6.34. The van der Waals surface area contributed by atoms with E-state index in [1.807, 2.05) is 25.1 Å². The fraction of sp³-hybridized carbons (Fsp3) is 0.188. The number of carbonyl (C=O) groups excluding carboxylic acids is 1. The van der Waals surface area contributed by atoms with Crippen LogP contribution in [0.2, 0.25) is 0 Å². The number of anilines is 1. The highest BCUT2D eigenvalue weighted by atomic mass is 16.5. The molecule has 0 radical (unpaired) electrons. The number of nitrogens with one attached hydrogen (secondary N) is 1. The SMILES string of the molecule is CC1OC(C=O)Nc2cc(-c3ccccc3)ccc21. The summed E-state index contributed by atoms with van der Waals surface area (Å²) in [6.07, 6.45) is 0.152. The summed E-state index contributed by atoms with van der Waals surface area (Å²) in [5.41, 5.74) is 4.34. The molecule has 1 heterocycles. The Balaban J connectivity index is 2.02. The van der Waals surface area contributed by atoms with Crippen LogP contribution in [0.15, 0.2) is 48.5 Å². The van der Waals surface area contributed by atoms with Crippen molar-refractivity contribution >= 4 is 12.0 Å². The molecule has 2 atom stereocenters. The predicted octanol–water partition coefficient (Wildman–Crippen LogP) is 3.38. The minimum absolute atomic E-state index is 0.0729. The number of hydrogen-bond donors (Lipinski definition) is 1. The van der Waals surface area contributed by atoms with Crippen LogP contribution in [0.25, 0.3) is 11.1 Å². The van der Waals surface area contributed by atoms with Gasteiger partial charge < -0.3 is 10.1 Å². The van der Waals surface area contributed by atoms with Gasteiger partial charge in [-0.05, 0) is 24.1 Å². The van der Waals surface area contributed by atoms with Crippen molar-refractivity contribution in [1.82, 2.24) is 0 Å². The van der Waals surface area contributed by atoms with Crippen molar-refractivity contribution in [3.05, 3.63) is 54.1 Å². The third kappa shape index (κ3) is 2.25. The summed E-state index contributed by atoms with van der Waals surface area (Å²) < 4.78 is 5.53. The fourth-order valence-electron chi connectivity index (χ4n) is 2.39. The molecule has 0 aliphatic carbocycles. The van der Waals surface area contributed by atoms with E-state index in [1.54, 1.807) is 0 Å². The number of carbonyl (C=O) groups is 1. The molecule has 0 saturated carbocycles. The van der Waals surface area contributed by atoms with Crippen molar-refractivity contribution < 1.29 is 9.53 Å². The summed E-state index contributed by atoms with van der Waals surface area (Å²) in [7, 11) is 0. The third-order valence-corrected chi connectivity index (χ3v) is 3.37. The quantitative estimate of drug-likeness (QED) is 0.834. The summed E-state index contributed by atoms with van der Waals surface area (Å²) >= 11 is 0. The summed E-state index contributed by atoms with van der Waals surface area (Å²) in [6.45, 7) is 1.96. The number of aldehydes is 1. The Hall–Kier alpha value is -2.13. The van der Waals surface area contributed by atoms with Gasteiger partial charge in [0.05, 0.1) is 6.10 Å². The maximum atomic E-state index is 10.9. The molecule has 1 aliphatic heterocycles. The summed E-state index contributed by atoms with van der Waals surface area (Å²) in [5, 5.41) is 3.10. The van der Waals surface area contributed by atoms with Crippen LogP contribution in [-0.2, 0) is 9.53 Å². The van der Waals surface area contributed by atoms with Gasteiger partial charge in [-0.2, -0.15) is 0 Å². The molecule has 1 aliphatic rings. The molecule has 2 unspecified atom stereocenters. The van der Waals surface area contributed by atoms with E-state index in [4.69, 9.17) is 4.74 Å². The normalized spacial score (nSPS) is 21.3. The highest BCUT2D eigenvalue weighted by Crippen LogP contribution is 2.34. The van der Waals surface area contributed by atoms with Gasteiger partial charge in [0, 0.05) is 11.3 Å². The number of benzene rings is 2. The number of ether oxygens (including phenoxy) is 1. The molecule has 3 nitrogen and oxygen atoms in total. The van der Waals surface area contributed by atoms with Gasteiger partial charge in [0.1, 0.15) is 0 Å². The lowest BCUT2D eigenvalue weighted by atomic mass is 9.99. The Morgan fingerprint density at radius 2 is 1.89 bits per heavy atom.